The third-order valence-electron chi connectivity index (χ3n) is 2.40. The normalized spacial score (nSPS) is 14.8. The third kappa shape index (κ3) is 3.54. The molecule has 16 heavy (non-hydrogen) atoms. The minimum Gasteiger partial charge on any atom is -0.390 e. The molecule has 1 aromatic carbocycles. The molecule has 0 saturated heterocycles. The van der Waals surface area contributed by atoms with Crippen LogP contribution in [-0.2, 0) is 11.2 Å². The van der Waals surface area contributed by atoms with E-state index in [1.807, 2.05) is 6.92 Å². The van der Waals surface area contributed by atoms with Crippen LogP contribution >= 0.6 is 0 Å². The van der Waals surface area contributed by atoms with Gasteiger partial charge in [0, 0.05) is 13.0 Å². The molecular formula is C12H16F2O2. The van der Waals surface area contributed by atoms with Crippen LogP contribution in [0.2, 0.25) is 0 Å². The van der Waals surface area contributed by atoms with Crippen molar-refractivity contribution in [3.63, 3.8) is 0 Å². The van der Waals surface area contributed by atoms with Crippen molar-refractivity contribution < 1.29 is 18.6 Å². The molecule has 1 aromatic rings. The van der Waals surface area contributed by atoms with Gasteiger partial charge in [-0.3, -0.25) is 0 Å². The van der Waals surface area contributed by atoms with E-state index < -0.39 is 17.7 Å². The van der Waals surface area contributed by atoms with Crippen molar-refractivity contribution >= 4 is 0 Å². The van der Waals surface area contributed by atoms with Crippen LogP contribution in [0.15, 0.2) is 18.2 Å². The molecular weight excluding hydrogens is 214 g/mol. The van der Waals surface area contributed by atoms with E-state index >= 15 is 0 Å². The predicted molar refractivity (Wildman–Crippen MR) is 57.2 cm³/mol. The van der Waals surface area contributed by atoms with E-state index in [1.165, 1.54) is 6.07 Å². The highest BCUT2D eigenvalue weighted by molar-refractivity contribution is 5.18. The molecule has 0 amide bonds. The van der Waals surface area contributed by atoms with Crippen molar-refractivity contribution in [2.24, 2.45) is 0 Å². The summed E-state index contributed by atoms with van der Waals surface area (Å²) >= 11 is 0. The molecule has 2 atom stereocenters. The fourth-order valence-corrected chi connectivity index (χ4v) is 1.45. The van der Waals surface area contributed by atoms with E-state index in [-0.39, 0.29) is 12.5 Å². The highest BCUT2D eigenvalue weighted by Crippen LogP contribution is 2.12. The molecule has 0 radical (unpaired) electrons. The van der Waals surface area contributed by atoms with Crippen LogP contribution in [0.5, 0.6) is 0 Å². The summed E-state index contributed by atoms with van der Waals surface area (Å²) in [6.45, 7) is 4.09. The fourth-order valence-electron chi connectivity index (χ4n) is 1.45. The van der Waals surface area contributed by atoms with Gasteiger partial charge in [0.1, 0.15) is 0 Å². The SMILES string of the molecule is CCOC(C)C(O)Cc1ccc(F)c(F)c1. The maximum absolute atomic E-state index is 12.9. The van der Waals surface area contributed by atoms with Crippen LogP contribution in [0.1, 0.15) is 19.4 Å². The van der Waals surface area contributed by atoms with Gasteiger partial charge in [-0.25, -0.2) is 8.78 Å². The van der Waals surface area contributed by atoms with Crippen LogP contribution in [0.4, 0.5) is 8.78 Å². The van der Waals surface area contributed by atoms with Crippen LogP contribution < -0.4 is 0 Å². The van der Waals surface area contributed by atoms with E-state index in [2.05, 4.69) is 0 Å². The Morgan fingerprint density at radius 3 is 2.56 bits per heavy atom. The Balaban J connectivity index is 2.62. The lowest BCUT2D eigenvalue weighted by Gasteiger charge is -2.18. The number of benzene rings is 1. The summed E-state index contributed by atoms with van der Waals surface area (Å²) in [7, 11) is 0. The summed E-state index contributed by atoms with van der Waals surface area (Å²) in [5, 5.41) is 9.72. The average molecular weight is 230 g/mol. The molecule has 0 aliphatic carbocycles. The highest BCUT2D eigenvalue weighted by atomic mass is 19.2. The van der Waals surface area contributed by atoms with E-state index in [9.17, 15) is 13.9 Å². The number of rotatable bonds is 5. The number of hydrogen-bond acceptors (Lipinski definition) is 2. The van der Waals surface area contributed by atoms with Crippen molar-refractivity contribution in [1.29, 1.82) is 0 Å². The van der Waals surface area contributed by atoms with Crippen LogP contribution in [0.3, 0.4) is 0 Å². The van der Waals surface area contributed by atoms with Gasteiger partial charge >= 0.3 is 0 Å². The Hall–Kier alpha value is -1.00. The molecule has 0 heterocycles. The number of ether oxygens (including phenoxy) is 1. The Labute approximate surface area is 93.9 Å². The van der Waals surface area contributed by atoms with Crippen LogP contribution in [0, 0.1) is 11.6 Å². The van der Waals surface area contributed by atoms with E-state index in [4.69, 9.17) is 4.74 Å². The Kier molecular flexibility index (Phi) is 4.83. The number of aliphatic hydroxyl groups excluding tert-OH is 1. The van der Waals surface area contributed by atoms with E-state index in [0.29, 0.717) is 12.2 Å². The summed E-state index contributed by atoms with van der Waals surface area (Å²) in [5.74, 6) is -1.77. The Morgan fingerprint density at radius 2 is 2.00 bits per heavy atom. The van der Waals surface area contributed by atoms with Gasteiger partial charge in [0.15, 0.2) is 11.6 Å². The number of halogens is 2. The summed E-state index contributed by atoms with van der Waals surface area (Å²) in [4.78, 5) is 0. The minimum absolute atomic E-state index is 0.248. The molecule has 0 aliphatic rings. The summed E-state index contributed by atoms with van der Waals surface area (Å²) in [5.41, 5.74) is 0.554. The van der Waals surface area contributed by atoms with Crippen molar-refractivity contribution in [3.8, 4) is 0 Å². The molecule has 4 heteroatoms. The highest BCUT2D eigenvalue weighted by Gasteiger charge is 2.15. The molecule has 2 unspecified atom stereocenters. The Bertz CT molecular complexity index is 342. The molecule has 90 valence electrons. The van der Waals surface area contributed by atoms with Crippen LogP contribution in [0.25, 0.3) is 0 Å². The lowest BCUT2D eigenvalue weighted by molar-refractivity contribution is -0.0208. The smallest absolute Gasteiger partial charge is 0.159 e. The maximum atomic E-state index is 12.9. The topological polar surface area (TPSA) is 29.5 Å². The molecule has 0 spiro atoms. The second-order valence-corrected chi connectivity index (χ2v) is 3.68. The van der Waals surface area contributed by atoms with E-state index in [0.717, 1.165) is 12.1 Å². The molecule has 1 N–H and O–H groups in total. The zero-order chi connectivity index (χ0) is 12.1. The number of hydrogen-bond donors (Lipinski definition) is 1. The van der Waals surface area contributed by atoms with Gasteiger partial charge in [-0.2, -0.15) is 0 Å². The lowest BCUT2D eigenvalue weighted by Crippen LogP contribution is -2.28. The minimum atomic E-state index is -0.895. The predicted octanol–water partition coefficient (Wildman–Crippen LogP) is 2.29. The standard InChI is InChI=1S/C12H16F2O2/c1-3-16-8(2)12(15)7-9-4-5-10(13)11(14)6-9/h4-6,8,12,15H,3,7H2,1-2H3. The van der Waals surface area contributed by atoms with Gasteiger partial charge in [-0.1, -0.05) is 6.07 Å². The van der Waals surface area contributed by atoms with Gasteiger partial charge in [0.25, 0.3) is 0 Å². The van der Waals surface area contributed by atoms with Gasteiger partial charge in [-0.15, -0.1) is 0 Å². The first kappa shape index (κ1) is 13.1. The van der Waals surface area contributed by atoms with E-state index in [1.54, 1.807) is 6.92 Å². The zero-order valence-corrected chi connectivity index (χ0v) is 9.41. The second kappa shape index (κ2) is 5.92. The average Bonchev–Trinajstić information content (AvgIpc) is 2.24. The zero-order valence-electron chi connectivity index (χ0n) is 9.41. The van der Waals surface area contributed by atoms with Crippen molar-refractivity contribution in [2.45, 2.75) is 32.5 Å². The maximum Gasteiger partial charge on any atom is 0.159 e. The molecule has 0 aromatic heterocycles. The quantitative estimate of drug-likeness (QED) is 0.841. The van der Waals surface area contributed by atoms with Gasteiger partial charge in [-0.05, 0) is 31.5 Å². The van der Waals surface area contributed by atoms with Gasteiger partial charge in [0.2, 0.25) is 0 Å². The van der Waals surface area contributed by atoms with Gasteiger partial charge < -0.3 is 9.84 Å². The van der Waals surface area contributed by atoms with Crippen molar-refractivity contribution in [3.05, 3.63) is 35.4 Å². The lowest BCUT2D eigenvalue weighted by atomic mass is 10.0. The molecule has 0 saturated carbocycles. The second-order valence-electron chi connectivity index (χ2n) is 3.68. The molecule has 1 rings (SSSR count). The summed E-state index contributed by atoms with van der Waals surface area (Å²) in [6.07, 6.45) is -0.791. The van der Waals surface area contributed by atoms with Gasteiger partial charge in [0.05, 0.1) is 12.2 Å². The monoisotopic (exact) mass is 230 g/mol. The molecule has 0 fully saturated rings. The molecule has 0 aliphatic heterocycles. The molecule has 2 nitrogen and oxygen atoms in total. The first-order chi connectivity index (χ1) is 7.54. The first-order valence-corrected chi connectivity index (χ1v) is 5.28. The van der Waals surface area contributed by atoms with Crippen LogP contribution in [-0.4, -0.2) is 23.9 Å². The fraction of sp³-hybridized carbons (Fsp3) is 0.500. The summed E-state index contributed by atoms with van der Waals surface area (Å²) in [6, 6.07) is 3.61. The molecule has 0 bridgehead atoms. The third-order valence-corrected chi connectivity index (χ3v) is 2.40. The largest absolute Gasteiger partial charge is 0.390 e. The van der Waals surface area contributed by atoms with Crippen molar-refractivity contribution in [1.82, 2.24) is 0 Å². The summed E-state index contributed by atoms with van der Waals surface area (Å²) < 4.78 is 30.8. The number of aliphatic hydroxyl groups is 1. The first-order valence-electron chi connectivity index (χ1n) is 5.28. The van der Waals surface area contributed by atoms with Crippen molar-refractivity contribution in [2.75, 3.05) is 6.61 Å². The Morgan fingerprint density at radius 1 is 1.31 bits per heavy atom.